The normalized spacial score (nSPS) is 9.95. The predicted octanol–water partition coefficient (Wildman–Crippen LogP) is 2.66. The van der Waals surface area contributed by atoms with Crippen LogP contribution in [0.2, 0.25) is 0 Å². The molecular weight excluding hydrogens is 272 g/mol. The number of urea groups is 1. The van der Waals surface area contributed by atoms with Crippen molar-refractivity contribution in [2.45, 2.75) is 32.6 Å². The summed E-state index contributed by atoms with van der Waals surface area (Å²) in [6, 6.07) is 6.38. The SMILES string of the molecule is CC(=O)c1cccc(NC(=O)NCCCCCC(=O)O)c1. The van der Waals surface area contributed by atoms with E-state index in [4.69, 9.17) is 5.11 Å². The molecule has 3 N–H and O–H groups in total. The summed E-state index contributed by atoms with van der Waals surface area (Å²) in [7, 11) is 0. The molecule has 1 rings (SSSR count). The number of aliphatic carboxylic acids is 1. The largest absolute Gasteiger partial charge is 0.481 e. The van der Waals surface area contributed by atoms with E-state index in [1.807, 2.05) is 0 Å². The van der Waals surface area contributed by atoms with Gasteiger partial charge in [-0.25, -0.2) is 4.79 Å². The number of carboxylic acid groups (broad SMARTS) is 1. The van der Waals surface area contributed by atoms with E-state index in [2.05, 4.69) is 10.6 Å². The minimum atomic E-state index is -0.800. The van der Waals surface area contributed by atoms with Crippen LogP contribution in [0.15, 0.2) is 24.3 Å². The van der Waals surface area contributed by atoms with Gasteiger partial charge in [-0.15, -0.1) is 0 Å². The predicted molar refractivity (Wildman–Crippen MR) is 79.6 cm³/mol. The van der Waals surface area contributed by atoms with Gasteiger partial charge in [-0.3, -0.25) is 9.59 Å². The van der Waals surface area contributed by atoms with Crippen LogP contribution in [0.5, 0.6) is 0 Å². The van der Waals surface area contributed by atoms with Crippen LogP contribution in [0.1, 0.15) is 43.0 Å². The Labute approximate surface area is 123 Å². The van der Waals surface area contributed by atoms with Crippen LogP contribution in [0.3, 0.4) is 0 Å². The number of hydrogen-bond donors (Lipinski definition) is 3. The van der Waals surface area contributed by atoms with Gasteiger partial charge in [0.1, 0.15) is 0 Å². The van der Waals surface area contributed by atoms with E-state index in [0.29, 0.717) is 24.2 Å². The van der Waals surface area contributed by atoms with Gasteiger partial charge >= 0.3 is 12.0 Å². The van der Waals surface area contributed by atoms with Gasteiger partial charge in [0.2, 0.25) is 0 Å². The molecule has 0 aliphatic carbocycles. The van der Waals surface area contributed by atoms with Crippen LogP contribution >= 0.6 is 0 Å². The highest BCUT2D eigenvalue weighted by Gasteiger charge is 2.04. The molecule has 0 fully saturated rings. The van der Waals surface area contributed by atoms with Crippen molar-refractivity contribution >= 4 is 23.5 Å². The monoisotopic (exact) mass is 292 g/mol. The Bertz CT molecular complexity index is 514. The van der Waals surface area contributed by atoms with Crippen molar-refractivity contribution < 1.29 is 19.5 Å². The third-order valence-electron chi connectivity index (χ3n) is 2.88. The first kappa shape index (κ1) is 16.7. The standard InChI is InChI=1S/C15H20N2O4/c1-11(18)12-6-5-7-13(10-12)17-15(21)16-9-4-2-3-8-14(19)20/h5-7,10H,2-4,8-9H2,1H3,(H,19,20)(H2,16,17,21). The molecule has 6 nitrogen and oxygen atoms in total. The number of amides is 2. The summed E-state index contributed by atoms with van der Waals surface area (Å²) >= 11 is 0. The smallest absolute Gasteiger partial charge is 0.319 e. The van der Waals surface area contributed by atoms with Gasteiger partial charge in [0.15, 0.2) is 5.78 Å². The summed E-state index contributed by atoms with van der Waals surface area (Å²) in [4.78, 5) is 33.2. The lowest BCUT2D eigenvalue weighted by molar-refractivity contribution is -0.137. The van der Waals surface area contributed by atoms with Gasteiger partial charge in [0.25, 0.3) is 0 Å². The Morgan fingerprint density at radius 3 is 2.57 bits per heavy atom. The fourth-order valence-electron chi connectivity index (χ4n) is 1.77. The zero-order chi connectivity index (χ0) is 15.7. The molecule has 0 heterocycles. The van der Waals surface area contributed by atoms with Gasteiger partial charge in [-0.2, -0.15) is 0 Å². The average Bonchev–Trinajstić information content (AvgIpc) is 2.42. The van der Waals surface area contributed by atoms with Crippen LogP contribution in [0, 0.1) is 0 Å². The molecule has 0 saturated heterocycles. The van der Waals surface area contributed by atoms with Crippen molar-refractivity contribution in [2.24, 2.45) is 0 Å². The second-order valence-electron chi connectivity index (χ2n) is 4.72. The molecule has 0 saturated carbocycles. The van der Waals surface area contributed by atoms with Crippen molar-refractivity contribution in [2.75, 3.05) is 11.9 Å². The molecule has 2 amide bonds. The first-order valence-electron chi connectivity index (χ1n) is 6.86. The van der Waals surface area contributed by atoms with Crippen LogP contribution in [0.4, 0.5) is 10.5 Å². The molecule has 0 bridgehead atoms. The molecule has 6 heteroatoms. The Hall–Kier alpha value is -2.37. The maximum Gasteiger partial charge on any atom is 0.319 e. The molecule has 0 aromatic heterocycles. The fourth-order valence-corrected chi connectivity index (χ4v) is 1.77. The van der Waals surface area contributed by atoms with E-state index in [-0.39, 0.29) is 18.2 Å². The number of Topliss-reactive ketones (excluding diaryl/α,β-unsaturated/α-hetero) is 1. The quantitative estimate of drug-likeness (QED) is 0.507. The molecule has 21 heavy (non-hydrogen) atoms. The number of nitrogens with one attached hydrogen (secondary N) is 2. The van der Waals surface area contributed by atoms with Gasteiger partial charge in [-0.1, -0.05) is 18.6 Å². The van der Waals surface area contributed by atoms with Crippen molar-refractivity contribution in [3.05, 3.63) is 29.8 Å². The third-order valence-corrected chi connectivity index (χ3v) is 2.88. The molecule has 1 aromatic carbocycles. The van der Waals surface area contributed by atoms with E-state index >= 15 is 0 Å². The van der Waals surface area contributed by atoms with Crippen LogP contribution in [-0.4, -0.2) is 29.4 Å². The summed E-state index contributed by atoms with van der Waals surface area (Å²) in [5, 5.41) is 13.8. The molecule has 1 aromatic rings. The minimum Gasteiger partial charge on any atom is -0.481 e. The highest BCUT2D eigenvalue weighted by atomic mass is 16.4. The molecule has 0 atom stereocenters. The van der Waals surface area contributed by atoms with Crippen molar-refractivity contribution in [1.29, 1.82) is 0 Å². The van der Waals surface area contributed by atoms with Gasteiger partial charge < -0.3 is 15.7 Å². The summed E-state index contributed by atoms with van der Waals surface area (Å²) < 4.78 is 0. The lowest BCUT2D eigenvalue weighted by Gasteiger charge is -2.08. The fraction of sp³-hybridized carbons (Fsp3) is 0.400. The van der Waals surface area contributed by atoms with Crippen molar-refractivity contribution in [3.63, 3.8) is 0 Å². The first-order chi connectivity index (χ1) is 9.99. The Balaban J connectivity index is 2.26. The lowest BCUT2D eigenvalue weighted by Crippen LogP contribution is -2.29. The molecule has 0 spiro atoms. The van der Waals surface area contributed by atoms with E-state index < -0.39 is 5.97 Å². The third kappa shape index (κ3) is 7.10. The Kier molecular flexibility index (Phi) is 6.94. The molecule has 0 radical (unpaired) electrons. The molecular formula is C15H20N2O4. The second kappa shape index (κ2) is 8.73. The number of hydrogen-bond acceptors (Lipinski definition) is 3. The van der Waals surface area contributed by atoms with Gasteiger partial charge in [-0.05, 0) is 31.9 Å². The van der Waals surface area contributed by atoms with Crippen molar-refractivity contribution in [1.82, 2.24) is 5.32 Å². The topological polar surface area (TPSA) is 95.5 Å². The number of carboxylic acids is 1. The Morgan fingerprint density at radius 1 is 1.14 bits per heavy atom. The zero-order valence-electron chi connectivity index (χ0n) is 12.0. The van der Waals surface area contributed by atoms with Crippen LogP contribution < -0.4 is 10.6 Å². The Morgan fingerprint density at radius 2 is 1.90 bits per heavy atom. The van der Waals surface area contributed by atoms with Crippen LogP contribution in [0.25, 0.3) is 0 Å². The molecule has 0 aliphatic heterocycles. The number of carbonyl (C=O) groups is 3. The highest BCUT2D eigenvalue weighted by molar-refractivity contribution is 5.96. The van der Waals surface area contributed by atoms with Crippen LogP contribution in [-0.2, 0) is 4.79 Å². The summed E-state index contributed by atoms with van der Waals surface area (Å²) in [5.41, 5.74) is 1.10. The van der Waals surface area contributed by atoms with Crippen molar-refractivity contribution in [3.8, 4) is 0 Å². The number of carbonyl (C=O) groups excluding carboxylic acids is 2. The summed E-state index contributed by atoms with van der Waals surface area (Å²) in [5.74, 6) is -0.858. The maximum atomic E-state index is 11.6. The first-order valence-corrected chi connectivity index (χ1v) is 6.86. The lowest BCUT2D eigenvalue weighted by atomic mass is 10.1. The summed E-state index contributed by atoms with van der Waals surface area (Å²) in [6.07, 6.45) is 2.25. The minimum absolute atomic E-state index is 0.0579. The zero-order valence-corrected chi connectivity index (χ0v) is 12.0. The molecule has 0 unspecified atom stereocenters. The van der Waals surface area contributed by atoms with E-state index in [9.17, 15) is 14.4 Å². The summed E-state index contributed by atoms with van der Waals surface area (Å²) in [6.45, 7) is 1.95. The molecule has 0 aliphatic rings. The number of unbranched alkanes of at least 4 members (excludes halogenated alkanes) is 2. The number of benzene rings is 1. The number of rotatable bonds is 8. The average molecular weight is 292 g/mol. The van der Waals surface area contributed by atoms with E-state index in [0.717, 1.165) is 12.8 Å². The maximum absolute atomic E-state index is 11.6. The highest BCUT2D eigenvalue weighted by Crippen LogP contribution is 2.10. The van der Waals surface area contributed by atoms with E-state index in [1.54, 1.807) is 24.3 Å². The second-order valence-corrected chi connectivity index (χ2v) is 4.72. The van der Waals surface area contributed by atoms with Gasteiger partial charge in [0, 0.05) is 24.2 Å². The number of anilines is 1. The number of ketones is 1. The van der Waals surface area contributed by atoms with Gasteiger partial charge in [0.05, 0.1) is 0 Å². The van der Waals surface area contributed by atoms with E-state index in [1.165, 1.54) is 6.92 Å². The molecule has 114 valence electrons.